The van der Waals surface area contributed by atoms with Gasteiger partial charge < -0.3 is 19.8 Å². The minimum atomic E-state index is -4.13. The SMILES string of the molecule is CC(C)(C)c1ccc(NC2=C(P(=O)(c3ccccc3)c3ccccc3)C(=O)C(Nc3ccc(C(C)(C)C)cc3)=C(P(=O)(c3ccccc3)c3ccccc3)C2=O)cc1. The molecule has 6 aromatic rings. The van der Waals surface area contributed by atoms with E-state index in [-0.39, 0.29) is 32.9 Å². The van der Waals surface area contributed by atoms with Crippen LogP contribution in [0.1, 0.15) is 52.7 Å². The Kier molecular flexibility index (Phi) is 11.0. The maximum Gasteiger partial charge on any atom is 0.216 e. The summed E-state index contributed by atoms with van der Waals surface area (Å²) < 4.78 is 32.7. The highest BCUT2D eigenvalue weighted by Gasteiger charge is 2.51. The van der Waals surface area contributed by atoms with Crippen molar-refractivity contribution in [3.8, 4) is 0 Å². The van der Waals surface area contributed by atoms with Crippen LogP contribution in [0.2, 0.25) is 0 Å². The number of carbonyl (C=O) groups is 2. The lowest BCUT2D eigenvalue weighted by atomic mass is 9.87. The van der Waals surface area contributed by atoms with E-state index in [1.807, 2.05) is 72.8 Å². The molecule has 0 bridgehead atoms. The zero-order valence-electron chi connectivity index (χ0n) is 33.7. The van der Waals surface area contributed by atoms with Gasteiger partial charge >= 0.3 is 0 Å². The van der Waals surface area contributed by atoms with E-state index in [9.17, 15) is 0 Å². The Morgan fingerprint density at radius 2 is 0.603 bits per heavy atom. The normalized spacial score (nSPS) is 14.1. The van der Waals surface area contributed by atoms with Crippen LogP contribution in [0, 0.1) is 0 Å². The Labute approximate surface area is 341 Å². The van der Waals surface area contributed by atoms with Gasteiger partial charge in [-0.2, -0.15) is 0 Å². The molecular weight excluding hydrogens is 755 g/mol. The summed E-state index contributed by atoms with van der Waals surface area (Å²) in [5.74, 6) is -1.38. The number of hydrogen-bond donors (Lipinski definition) is 2. The lowest BCUT2D eigenvalue weighted by Crippen LogP contribution is -2.36. The summed E-state index contributed by atoms with van der Waals surface area (Å²) in [5.41, 5.74) is 2.51. The van der Waals surface area contributed by atoms with Crippen LogP contribution in [0.15, 0.2) is 192 Å². The Balaban J connectivity index is 1.57. The molecule has 0 amide bonds. The van der Waals surface area contributed by atoms with Gasteiger partial charge in [-0.3, -0.25) is 9.59 Å². The molecule has 7 rings (SSSR count). The van der Waals surface area contributed by atoms with Crippen molar-refractivity contribution in [1.29, 1.82) is 0 Å². The number of nitrogens with one attached hydrogen (secondary N) is 2. The predicted octanol–water partition coefficient (Wildman–Crippen LogP) is 10.4. The van der Waals surface area contributed by atoms with Gasteiger partial charge in [-0.05, 0) is 46.2 Å². The molecule has 6 aromatic carbocycles. The Morgan fingerprint density at radius 3 is 0.828 bits per heavy atom. The van der Waals surface area contributed by atoms with Crippen molar-refractivity contribution in [2.45, 2.75) is 52.4 Å². The van der Waals surface area contributed by atoms with Crippen LogP contribution in [0.25, 0.3) is 0 Å². The molecule has 292 valence electrons. The molecule has 1 aliphatic rings. The molecule has 58 heavy (non-hydrogen) atoms. The molecule has 2 N–H and O–H groups in total. The van der Waals surface area contributed by atoms with Crippen LogP contribution < -0.4 is 31.9 Å². The number of ketones is 2. The highest BCUT2D eigenvalue weighted by Crippen LogP contribution is 2.61. The first-order valence-electron chi connectivity index (χ1n) is 19.4. The summed E-state index contributed by atoms with van der Waals surface area (Å²) in [7, 11) is -8.27. The van der Waals surface area contributed by atoms with Crippen molar-refractivity contribution in [1.82, 2.24) is 0 Å². The van der Waals surface area contributed by atoms with Crippen LogP contribution in [0.3, 0.4) is 0 Å². The molecule has 0 saturated carbocycles. The second-order valence-corrected chi connectivity index (χ2v) is 22.0. The molecule has 0 atom stereocenters. The molecule has 0 aromatic heterocycles. The lowest BCUT2D eigenvalue weighted by molar-refractivity contribution is -0.115. The molecular formula is C50H48N2O4P2. The van der Waals surface area contributed by atoms with Crippen molar-refractivity contribution in [3.05, 3.63) is 203 Å². The quantitative estimate of drug-likeness (QED) is 0.106. The highest BCUT2D eigenvalue weighted by molar-refractivity contribution is 7.84. The number of hydrogen-bond acceptors (Lipinski definition) is 6. The second-order valence-electron chi connectivity index (χ2n) is 16.6. The van der Waals surface area contributed by atoms with Crippen molar-refractivity contribution in [2.24, 2.45) is 0 Å². The van der Waals surface area contributed by atoms with Gasteiger partial charge in [0.25, 0.3) is 0 Å². The van der Waals surface area contributed by atoms with E-state index in [0.717, 1.165) is 11.1 Å². The molecule has 6 nitrogen and oxygen atoms in total. The molecule has 0 aliphatic heterocycles. The van der Waals surface area contributed by atoms with E-state index in [2.05, 4.69) is 52.2 Å². The first-order chi connectivity index (χ1) is 27.6. The average molecular weight is 803 g/mol. The standard InChI is InChI=1S/C50H48N2O4P2/c1-49(2,3)35-27-31-37(32-28-35)51-43-45(53)48(58(56,41-23-15-9-16-24-41)42-25-17-10-18-26-42)44(52-38-33-29-36(30-34-38)50(4,5)6)46(54)47(43)57(55,39-19-11-7-12-20-39)40-21-13-8-14-22-40/h7-34,51-52H,1-6H3. The van der Waals surface area contributed by atoms with Gasteiger partial charge in [0.05, 0.1) is 10.6 Å². The van der Waals surface area contributed by atoms with E-state index in [1.165, 1.54) is 0 Å². The van der Waals surface area contributed by atoms with Crippen molar-refractivity contribution in [2.75, 3.05) is 10.6 Å². The molecule has 8 heteroatoms. The maximum absolute atomic E-state index is 16.4. The van der Waals surface area contributed by atoms with E-state index < -0.39 is 25.9 Å². The number of rotatable bonds is 10. The maximum atomic E-state index is 16.4. The van der Waals surface area contributed by atoms with Gasteiger partial charge in [0, 0.05) is 32.6 Å². The van der Waals surface area contributed by atoms with Crippen molar-refractivity contribution < 1.29 is 18.7 Å². The van der Waals surface area contributed by atoms with E-state index in [1.54, 1.807) is 97.1 Å². The van der Waals surface area contributed by atoms with Gasteiger partial charge in [-0.1, -0.05) is 187 Å². The number of carbonyl (C=O) groups excluding carboxylic acids is 2. The fraction of sp³-hybridized carbons (Fsp3) is 0.160. The summed E-state index contributed by atoms with van der Waals surface area (Å²) in [6.07, 6.45) is 0. The van der Waals surface area contributed by atoms with Gasteiger partial charge in [-0.15, -0.1) is 0 Å². The smallest absolute Gasteiger partial charge is 0.216 e. The Hall–Kier alpha value is -5.80. The van der Waals surface area contributed by atoms with Crippen LogP contribution in [-0.4, -0.2) is 11.6 Å². The van der Waals surface area contributed by atoms with E-state index in [0.29, 0.717) is 32.6 Å². The largest absolute Gasteiger partial charge is 0.352 e. The minimum Gasteiger partial charge on any atom is -0.352 e. The van der Waals surface area contributed by atoms with Crippen LogP contribution in [-0.2, 0) is 29.5 Å². The zero-order valence-corrected chi connectivity index (χ0v) is 35.5. The zero-order chi connectivity index (χ0) is 41.3. The van der Waals surface area contributed by atoms with Crippen LogP contribution in [0.5, 0.6) is 0 Å². The number of benzene rings is 6. The van der Waals surface area contributed by atoms with E-state index >= 15 is 18.7 Å². The number of allylic oxidation sites excluding steroid dienone is 2. The van der Waals surface area contributed by atoms with Gasteiger partial charge in [-0.25, -0.2) is 0 Å². The molecule has 0 spiro atoms. The van der Waals surface area contributed by atoms with E-state index in [4.69, 9.17) is 0 Å². The molecule has 0 saturated heterocycles. The minimum absolute atomic E-state index is 0.143. The van der Waals surface area contributed by atoms with Crippen molar-refractivity contribution >= 4 is 58.4 Å². The van der Waals surface area contributed by atoms with Gasteiger partial charge in [0.15, 0.2) is 14.3 Å². The predicted molar refractivity (Wildman–Crippen MR) is 241 cm³/mol. The molecule has 0 unspecified atom stereocenters. The highest BCUT2D eigenvalue weighted by atomic mass is 31.2. The fourth-order valence-corrected chi connectivity index (χ4v) is 13.0. The van der Waals surface area contributed by atoms with Gasteiger partial charge in [0.1, 0.15) is 11.4 Å². The third-order valence-corrected chi connectivity index (χ3v) is 16.7. The molecule has 1 aliphatic carbocycles. The topological polar surface area (TPSA) is 92.3 Å². The van der Waals surface area contributed by atoms with Crippen LogP contribution >= 0.6 is 14.3 Å². The monoisotopic (exact) mass is 802 g/mol. The first-order valence-corrected chi connectivity index (χ1v) is 22.8. The third kappa shape index (κ3) is 7.63. The average Bonchev–Trinajstić information content (AvgIpc) is 3.23. The molecule has 0 heterocycles. The summed E-state index contributed by atoms with van der Waals surface area (Å²) in [5, 5.41) is 7.74. The first kappa shape index (κ1) is 40.4. The van der Waals surface area contributed by atoms with Crippen LogP contribution in [0.4, 0.5) is 11.4 Å². The Bertz CT molecular complexity index is 2350. The molecule has 0 radical (unpaired) electrons. The van der Waals surface area contributed by atoms with Crippen molar-refractivity contribution in [3.63, 3.8) is 0 Å². The second kappa shape index (κ2) is 15.9. The lowest BCUT2D eigenvalue weighted by Gasteiger charge is -2.33. The van der Waals surface area contributed by atoms with Gasteiger partial charge in [0.2, 0.25) is 11.6 Å². The summed E-state index contributed by atoms with van der Waals surface area (Å²) in [6.45, 7) is 12.7. The third-order valence-electron chi connectivity index (χ3n) is 10.5. The summed E-state index contributed by atoms with van der Waals surface area (Å²) in [6, 6.07) is 50.5. The molecule has 0 fully saturated rings. The Morgan fingerprint density at radius 1 is 0.362 bits per heavy atom. The fourth-order valence-electron chi connectivity index (χ4n) is 7.27. The summed E-state index contributed by atoms with van der Waals surface area (Å²) >= 11 is 0. The number of anilines is 2. The summed E-state index contributed by atoms with van der Waals surface area (Å²) in [4.78, 5) is 31.9. The number of Topliss-reactive ketones (excluding diaryl/α,β-unsaturated/α-hetero) is 2.